The summed E-state index contributed by atoms with van der Waals surface area (Å²) in [5, 5.41) is 5.60. The summed E-state index contributed by atoms with van der Waals surface area (Å²) < 4.78 is 10.9. The topological polar surface area (TPSA) is 114 Å². The fourth-order valence-electron chi connectivity index (χ4n) is 4.20. The molecule has 0 aromatic heterocycles. The third-order valence-electron chi connectivity index (χ3n) is 5.94. The second-order valence-corrected chi connectivity index (χ2v) is 8.15. The highest BCUT2D eigenvalue weighted by Gasteiger charge is 2.27. The standard InChI is InChI=1S/C25H27N3O6/c1-33-16-6-7-20-22(14-16)34-13-11-26-23(30)15-28(12-3-10-27-24(20)31)25(32)19-5-2-4-18-17(19)8-9-21(18)29/h2,4-7,14H,3,8-13,15H2,1H3,(H,26,30)(H,27,31). The molecule has 9 nitrogen and oxygen atoms in total. The summed E-state index contributed by atoms with van der Waals surface area (Å²) in [6.07, 6.45) is 1.36. The van der Waals surface area contributed by atoms with Crippen molar-refractivity contribution < 1.29 is 28.7 Å². The highest BCUT2D eigenvalue weighted by atomic mass is 16.5. The smallest absolute Gasteiger partial charge is 0.255 e. The Labute approximate surface area is 197 Å². The van der Waals surface area contributed by atoms with Gasteiger partial charge in [0, 0.05) is 36.7 Å². The molecule has 0 saturated heterocycles. The minimum atomic E-state index is -0.312. The van der Waals surface area contributed by atoms with Crippen LogP contribution < -0.4 is 20.1 Å². The molecular weight excluding hydrogens is 438 g/mol. The van der Waals surface area contributed by atoms with Gasteiger partial charge in [0.2, 0.25) is 5.91 Å². The third kappa shape index (κ3) is 5.03. The maximum atomic E-state index is 13.4. The van der Waals surface area contributed by atoms with E-state index in [1.54, 1.807) is 36.4 Å². The molecular formula is C25H27N3O6. The van der Waals surface area contributed by atoms with Gasteiger partial charge in [0.25, 0.3) is 11.8 Å². The number of ketones is 1. The van der Waals surface area contributed by atoms with Gasteiger partial charge in [0.15, 0.2) is 5.78 Å². The van der Waals surface area contributed by atoms with E-state index in [0.717, 1.165) is 5.56 Å². The number of fused-ring (bicyclic) bond motifs is 2. The summed E-state index contributed by atoms with van der Waals surface area (Å²) in [7, 11) is 1.53. The van der Waals surface area contributed by atoms with Gasteiger partial charge < -0.3 is 25.0 Å². The van der Waals surface area contributed by atoms with E-state index in [0.29, 0.717) is 54.0 Å². The van der Waals surface area contributed by atoms with Crippen LogP contribution in [0.5, 0.6) is 11.5 Å². The Morgan fingerprint density at radius 3 is 2.71 bits per heavy atom. The fourth-order valence-corrected chi connectivity index (χ4v) is 4.20. The fraction of sp³-hybridized carbons (Fsp3) is 0.360. The van der Waals surface area contributed by atoms with Crippen molar-refractivity contribution in [3.05, 3.63) is 58.7 Å². The summed E-state index contributed by atoms with van der Waals surface area (Å²) in [5.41, 5.74) is 2.14. The SMILES string of the molecule is COc1ccc2c(c1)OCCNC(=O)CN(C(=O)c1cccc3c1CCC3=O)CCCNC2=O. The molecule has 3 amide bonds. The highest BCUT2D eigenvalue weighted by Crippen LogP contribution is 2.27. The van der Waals surface area contributed by atoms with Crippen molar-refractivity contribution in [3.63, 3.8) is 0 Å². The largest absolute Gasteiger partial charge is 0.497 e. The average Bonchev–Trinajstić information content (AvgIpc) is 3.23. The molecule has 0 unspecified atom stereocenters. The minimum Gasteiger partial charge on any atom is -0.497 e. The van der Waals surface area contributed by atoms with Gasteiger partial charge in [-0.15, -0.1) is 0 Å². The number of nitrogens with one attached hydrogen (secondary N) is 2. The lowest BCUT2D eigenvalue weighted by atomic mass is 10.0. The van der Waals surface area contributed by atoms with Crippen molar-refractivity contribution in [2.24, 2.45) is 0 Å². The summed E-state index contributed by atoms with van der Waals surface area (Å²) in [5.74, 6) is 0.0498. The Morgan fingerprint density at radius 2 is 1.88 bits per heavy atom. The van der Waals surface area contributed by atoms with Gasteiger partial charge in [-0.2, -0.15) is 0 Å². The van der Waals surface area contributed by atoms with E-state index in [9.17, 15) is 19.2 Å². The Balaban J connectivity index is 1.51. The van der Waals surface area contributed by atoms with Gasteiger partial charge in [-0.05, 0) is 36.6 Å². The van der Waals surface area contributed by atoms with Gasteiger partial charge in [-0.3, -0.25) is 19.2 Å². The van der Waals surface area contributed by atoms with E-state index < -0.39 is 0 Å². The zero-order valence-electron chi connectivity index (χ0n) is 19.0. The Hall–Kier alpha value is -3.88. The molecule has 0 saturated carbocycles. The van der Waals surface area contributed by atoms with Gasteiger partial charge in [-0.1, -0.05) is 12.1 Å². The first kappa shape index (κ1) is 23.3. The predicted molar refractivity (Wildman–Crippen MR) is 123 cm³/mol. The van der Waals surface area contributed by atoms with Crippen molar-refractivity contribution in [3.8, 4) is 11.5 Å². The van der Waals surface area contributed by atoms with Crippen molar-refractivity contribution in [2.45, 2.75) is 19.3 Å². The monoisotopic (exact) mass is 465 g/mol. The van der Waals surface area contributed by atoms with Gasteiger partial charge in [0.1, 0.15) is 18.1 Å². The number of benzene rings is 2. The Bertz CT molecular complexity index is 1130. The molecule has 1 aliphatic carbocycles. The summed E-state index contributed by atoms with van der Waals surface area (Å²) in [6, 6.07) is 10.1. The van der Waals surface area contributed by atoms with Crippen LogP contribution in [0.1, 0.15) is 49.5 Å². The van der Waals surface area contributed by atoms with Crippen LogP contribution in [0, 0.1) is 0 Å². The molecule has 0 atom stereocenters. The van der Waals surface area contributed by atoms with Crippen LogP contribution in [0.2, 0.25) is 0 Å². The van der Waals surface area contributed by atoms with Gasteiger partial charge in [-0.25, -0.2) is 0 Å². The van der Waals surface area contributed by atoms with E-state index in [-0.39, 0.29) is 49.7 Å². The van der Waals surface area contributed by atoms with Crippen LogP contribution in [-0.2, 0) is 11.2 Å². The lowest BCUT2D eigenvalue weighted by Crippen LogP contribution is -2.43. The number of amides is 3. The van der Waals surface area contributed by atoms with E-state index in [1.807, 2.05) is 0 Å². The molecule has 0 radical (unpaired) electrons. The van der Waals surface area contributed by atoms with E-state index in [1.165, 1.54) is 12.0 Å². The van der Waals surface area contributed by atoms with E-state index >= 15 is 0 Å². The lowest BCUT2D eigenvalue weighted by molar-refractivity contribution is -0.121. The maximum Gasteiger partial charge on any atom is 0.255 e. The first-order chi connectivity index (χ1) is 16.5. The van der Waals surface area contributed by atoms with Crippen LogP contribution in [0.3, 0.4) is 0 Å². The number of carbonyl (C=O) groups excluding carboxylic acids is 4. The van der Waals surface area contributed by atoms with E-state index in [2.05, 4.69) is 10.6 Å². The Kier molecular flexibility index (Phi) is 7.10. The Morgan fingerprint density at radius 1 is 1.03 bits per heavy atom. The second-order valence-electron chi connectivity index (χ2n) is 8.15. The molecule has 4 rings (SSSR count). The van der Waals surface area contributed by atoms with E-state index in [4.69, 9.17) is 9.47 Å². The molecule has 2 N–H and O–H groups in total. The quantitative estimate of drug-likeness (QED) is 0.696. The zero-order chi connectivity index (χ0) is 24.1. The molecule has 2 aliphatic rings. The first-order valence-corrected chi connectivity index (χ1v) is 11.3. The van der Waals surface area contributed by atoms with Crippen molar-refractivity contribution >= 4 is 23.5 Å². The molecule has 2 aromatic carbocycles. The maximum absolute atomic E-state index is 13.4. The molecule has 34 heavy (non-hydrogen) atoms. The van der Waals surface area contributed by atoms with Crippen LogP contribution in [0.4, 0.5) is 0 Å². The van der Waals surface area contributed by atoms with Crippen LogP contribution in [0.25, 0.3) is 0 Å². The van der Waals surface area contributed by atoms with Crippen LogP contribution >= 0.6 is 0 Å². The molecule has 1 aliphatic heterocycles. The number of Topliss-reactive ketones (excluding diaryl/α,β-unsaturated/α-hetero) is 1. The molecule has 1 heterocycles. The normalized spacial score (nSPS) is 17.0. The van der Waals surface area contributed by atoms with Crippen molar-refractivity contribution in [1.82, 2.24) is 15.5 Å². The van der Waals surface area contributed by atoms with Gasteiger partial charge >= 0.3 is 0 Å². The number of hydrogen-bond donors (Lipinski definition) is 2. The summed E-state index contributed by atoms with van der Waals surface area (Å²) in [4.78, 5) is 52.2. The number of nitrogens with zero attached hydrogens (tertiary/aromatic N) is 1. The number of ether oxygens (including phenoxy) is 2. The molecule has 9 heteroatoms. The number of methoxy groups -OCH3 is 1. The molecule has 0 fully saturated rings. The second kappa shape index (κ2) is 10.4. The lowest BCUT2D eigenvalue weighted by Gasteiger charge is -2.24. The molecule has 0 spiro atoms. The predicted octanol–water partition coefficient (Wildman–Crippen LogP) is 1.59. The van der Waals surface area contributed by atoms with Crippen molar-refractivity contribution in [1.29, 1.82) is 0 Å². The van der Waals surface area contributed by atoms with Crippen LogP contribution in [0.15, 0.2) is 36.4 Å². The zero-order valence-corrected chi connectivity index (χ0v) is 19.0. The summed E-state index contributed by atoms with van der Waals surface area (Å²) in [6.45, 7) is 0.793. The molecule has 0 bridgehead atoms. The van der Waals surface area contributed by atoms with Gasteiger partial charge in [0.05, 0.1) is 25.8 Å². The van der Waals surface area contributed by atoms with Crippen molar-refractivity contribution in [2.75, 3.05) is 39.9 Å². The number of hydrogen-bond acceptors (Lipinski definition) is 6. The third-order valence-corrected chi connectivity index (χ3v) is 5.94. The highest BCUT2D eigenvalue weighted by molar-refractivity contribution is 6.06. The first-order valence-electron chi connectivity index (χ1n) is 11.3. The number of rotatable bonds is 2. The minimum absolute atomic E-state index is 0.0315. The summed E-state index contributed by atoms with van der Waals surface area (Å²) >= 11 is 0. The molecule has 178 valence electrons. The average molecular weight is 466 g/mol. The van der Waals surface area contributed by atoms with Crippen LogP contribution in [-0.4, -0.2) is 68.3 Å². The molecule has 2 aromatic rings. The number of carbonyl (C=O) groups is 4.